The highest BCUT2D eigenvalue weighted by Crippen LogP contribution is 2.39. The second-order valence-electron chi connectivity index (χ2n) is 9.99. The first-order valence-corrected chi connectivity index (χ1v) is 11.7. The third kappa shape index (κ3) is 5.73. The van der Waals surface area contributed by atoms with Gasteiger partial charge in [0.05, 0.1) is 6.04 Å². The Kier molecular flexibility index (Phi) is 7.45. The zero-order valence-electron chi connectivity index (χ0n) is 20.4. The van der Waals surface area contributed by atoms with Crippen LogP contribution < -0.4 is 10.1 Å². The lowest BCUT2D eigenvalue weighted by Crippen LogP contribution is -2.45. The molecule has 0 radical (unpaired) electrons. The average molecular weight is 455 g/mol. The van der Waals surface area contributed by atoms with E-state index < -0.39 is 17.6 Å². The van der Waals surface area contributed by atoms with Crippen LogP contribution in [0.3, 0.4) is 0 Å². The SMILES string of the molecule is CC[C@@H](Oc1ccc2c(c1)[C@@H](c1cccc(F)c1)N(C(=O)C(C)(C)C)CC2)C(=O)NC(C)C. The maximum absolute atomic E-state index is 14.2. The van der Waals surface area contributed by atoms with Crippen LogP contribution in [-0.2, 0) is 16.0 Å². The van der Waals surface area contributed by atoms with Crippen molar-refractivity contribution in [2.24, 2.45) is 5.41 Å². The van der Waals surface area contributed by atoms with Gasteiger partial charge >= 0.3 is 0 Å². The van der Waals surface area contributed by atoms with Crippen LogP contribution in [0.25, 0.3) is 0 Å². The van der Waals surface area contributed by atoms with Gasteiger partial charge in [-0.2, -0.15) is 0 Å². The molecule has 1 aliphatic rings. The number of rotatable bonds is 6. The molecule has 6 heteroatoms. The lowest BCUT2D eigenvalue weighted by Gasteiger charge is -2.41. The van der Waals surface area contributed by atoms with Crippen LogP contribution in [0, 0.1) is 11.2 Å². The predicted octanol–water partition coefficient (Wildman–Crippen LogP) is 5.03. The minimum atomic E-state index is -0.617. The molecular weight excluding hydrogens is 419 g/mol. The maximum atomic E-state index is 14.2. The van der Waals surface area contributed by atoms with Crippen LogP contribution in [-0.4, -0.2) is 35.4 Å². The Morgan fingerprint density at radius 2 is 1.91 bits per heavy atom. The van der Waals surface area contributed by atoms with E-state index in [9.17, 15) is 14.0 Å². The number of halogens is 1. The van der Waals surface area contributed by atoms with E-state index in [0.717, 1.165) is 16.7 Å². The van der Waals surface area contributed by atoms with Gasteiger partial charge < -0.3 is 15.0 Å². The van der Waals surface area contributed by atoms with E-state index >= 15 is 0 Å². The number of fused-ring (bicyclic) bond motifs is 1. The third-order valence-electron chi connectivity index (χ3n) is 5.79. The maximum Gasteiger partial charge on any atom is 0.261 e. The fourth-order valence-corrected chi connectivity index (χ4v) is 4.22. The molecule has 2 atom stereocenters. The summed E-state index contributed by atoms with van der Waals surface area (Å²) in [6, 6.07) is 11.8. The van der Waals surface area contributed by atoms with Crippen LogP contribution in [0.5, 0.6) is 5.75 Å². The van der Waals surface area contributed by atoms with Gasteiger partial charge in [0.1, 0.15) is 11.6 Å². The van der Waals surface area contributed by atoms with E-state index in [4.69, 9.17) is 4.74 Å². The number of benzene rings is 2. The molecule has 0 spiro atoms. The van der Waals surface area contributed by atoms with Crippen molar-refractivity contribution >= 4 is 11.8 Å². The van der Waals surface area contributed by atoms with Crippen LogP contribution in [0.4, 0.5) is 4.39 Å². The first-order valence-electron chi connectivity index (χ1n) is 11.7. The molecule has 5 nitrogen and oxygen atoms in total. The summed E-state index contributed by atoms with van der Waals surface area (Å²) in [5.41, 5.74) is 2.14. The van der Waals surface area contributed by atoms with Crippen molar-refractivity contribution in [1.29, 1.82) is 0 Å². The molecule has 0 saturated carbocycles. The quantitative estimate of drug-likeness (QED) is 0.666. The number of hydrogen-bond acceptors (Lipinski definition) is 3. The highest BCUT2D eigenvalue weighted by molar-refractivity contribution is 5.83. The van der Waals surface area contributed by atoms with Gasteiger partial charge in [-0.25, -0.2) is 4.39 Å². The Morgan fingerprint density at radius 3 is 2.52 bits per heavy atom. The summed E-state index contributed by atoms with van der Waals surface area (Å²) in [6.07, 6.45) is 0.611. The number of ether oxygens (including phenoxy) is 1. The van der Waals surface area contributed by atoms with Gasteiger partial charge in [0.15, 0.2) is 6.10 Å². The lowest BCUT2D eigenvalue weighted by atomic mass is 9.85. The highest BCUT2D eigenvalue weighted by Gasteiger charge is 2.37. The number of nitrogens with zero attached hydrogens (tertiary/aromatic N) is 1. The second-order valence-corrected chi connectivity index (χ2v) is 9.99. The van der Waals surface area contributed by atoms with Crippen molar-refractivity contribution in [3.63, 3.8) is 0 Å². The Balaban J connectivity index is 2.03. The van der Waals surface area contributed by atoms with E-state index in [1.165, 1.54) is 12.1 Å². The summed E-state index contributed by atoms with van der Waals surface area (Å²) in [5, 5.41) is 2.90. The number of carbonyl (C=O) groups excluding carboxylic acids is 2. The number of nitrogens with one attached hydrogen (secondary N) is 1. The van der Waals surface area contributed by atoms with Crippen LogP contribution in [0.2, 0.25) is 0 Å². The summed E-state index contributed by atoms with van der Waals surface area (Å²) in [6.45, 7) is 12.0. The third-order valence-corrected chi connectivity index (χ3v) is 5.79. The molecule has 178 valence electrons. The van der Waals surface area contributed by atoms with Gasteiger partial charge in [-0.15, -0.1) is 0 Å². The standard InChI is InChI=1S/C27H35FN2O3/c1-7-23(25(31)29-17(2)3)33-21-12-11-18-13-14-30(26(32)27(4,5)6)24(22(18)16-21)19-9-8-10-20(28)15-19/h8-12,15-17,23-24H,7,13-14H2,1-6H3,(H,29,31)/t23-,24-/m1/s1. The topological polar surface area (TPSA) is 58.6 Å². The van der Waals surface area contributed by atoms with Gasteiger partial charge in [0, 0.05) is 18.0 Å². The number of amides is 2. The zero-order valence-corrected chi connectivity index (χ0v) is 20.4. The van der Waals surface area contributed by atoms with E-state index in [-0.39, 0.29) is 23.7 Å². The molecule has 0 fully saturated rings. The van der Waals surface area contributed by atoms with Crippen molar-refractivity contribution in [3.05, 3.63) is 65.0 Å². The van der Waals surface area contributed by atoms with Crippen molar-refractivity contribution in [2.45, 2.75) is 72.6 Å². The summed E-state index contributed by atoms with van der Waals surface area (Å²) in [4.78, 5) is 27.7. The van der Waals surface area contributed by atoms with E-state index in [0.29, 0.717) is 25.1 Å². The molecule has 1 heterocycles. The van der Waals surface area contributed by atoms with E-state index in [2.05, 4.69) is 5.32 Å². The monoisotopic (exact) mass is 454 g/mol. The molecule has 0 saturated heterocycles. The lowest BCUT2D eigenvalue weighted by molar-refractivity contribution is -0.141. The van der Waals surface area contributed by atoms with Crippen molar-refractivity contribution in [3.8, 4) is 5.75 Å². The smallest absolute Gasteiger partial charge is 0.261 e. The normalized spacial score (nSPS) is 16.8. The van der Waals surface area contributed by atoms with Gasteiger partial charge in [-0.05, 0) is 67.6 Å². The molecule has 2 aromatic rings. The Morgan fingerprint density at radius 1 is 1.18 bits per heavy atom. The Labute approximate surface area is 196 Å². The molecule has 0 aliphatic carbocycles. The molecule has 0 unspecified atom stereocenters. The number of carbonyl (C=O) groups is 2. The minimum absolute atomic E-state index is 0.0106. The molecule has 3 rings (SSSR count). The van der Waals surface area contributed by atoms with Gasteiger partial charge in [0.25, 0.3) is 5.91 Å². The fourth-order valence-electron chi connectivity index (χ4n) is 4.22. The summed E-state index contributed by atoms with van der Waals surface area (Å²) >= 11 is 0. The summed E-state index contributed by atoms with van der Waals surface area (Å²) in [7, 11) is 0. The molecule has 2 amide bonds. The largest absolute Gasteiger partial charge is 0.481 e. The summed E-state index contributed by atoms with van der Waals surface area (Å²) < 4.78 is 20.3. The molecule has 1 N–H and O–H groups in total. The van der Waals surface area contributed by atoms with Gasteiger partial charge in [-0.1, -0.05) is 45.9 Å². The molecule has 33 heavy (non-hydrogen) atoms. The van der Waals surface area contributed by atoms with Crippen LogP contribution >= 0.6 is 0 Å². The molecule has 2 aromatic carbocycles. The van der Waals surface area contributed by atoms with E-state index in [1.54, 1.807) is 6.07 Å². The average Bonchev–Trinajstić information content (AvgIpc) is 2.74. The fraction of sp³-hybridized carbons (Fsp3) is 0.481. The highest BCUT2D eigenvalue weighted by atomic mass is 19.1. The van der Waals surface area contributed by atoms with Gasteiger partial charge in [-0.3, -0.25) is 9.59 Å². The van der Waals surface area contributed by atoms with Crippen molar-refractivity contribution in [2.75, 3.05) is 6.54 Å². The zero-order chi connectivity index (χ0) is 24.3. The van der Waals surface area contributed by atoms with Crippen LogP contribution in [0.15, 0.2) is 42.5 Å². The first-order chi connectivity index (χ1) is 15.5. The second kappa shape index (κ2) is 9.94. The first kappa shape index (κ1) is 24.7. The number of hydrogen-bond donors (Lipinski definition) is 1. The Hall–Kier alpha value is -2.89. The van der Waals surface area contributed by atoms with Gasteiger partial charge in [0.2, 0.25) is 5.91 Å². The molecule has 1 aliphatic heterocycles. The molecule has 0 aromatic heterocycles. The summed E-state index contributed by atoms with van der Waals surface area (Å²) in [5.74, 6) is 0.0745. The Bertz CT molecular complexity index is 1010. The minimum Gasteiger partial charge on any atom is -0.481 e. The van der Waals surface area contributed by atoms with E-state index in [1.807, 2.05) is 70.7 Å². The van der Waals surface area contributed by atoms with Crippen molar-refractivity contribution in [1.82, 2.24) is 10.2 Å². The predicted molar refractivity (Wildman–Crippen MR) is 128 cm³/mol. The van der Waals surface area contributed by atoms with Crippen LogP contribution in [0.1, 0.15) is 70.7 Å². The molecule has 0 bridgehead atoms. The molecular formula is C27H35FN2O3. The van der Waals surface area contributed by atoms with Crippen molar-refractivity contribution < 1.29 is 18.7 Å².